The van der Waals surface area contributed by atoms with Gasteiger partial charge in [-0.3, -0.25) is 4.21 Å². The highest BCUT2D eigenvalue weighted by Gasteiger charge is 2.32. The van der Waals surface area contributed by atoms with E-state index in [2.05, 4.69) is 4.98 Å². The molecule has 0 saturated carbocycles. The summed E-state index contributed by atoms with van der Waals surface area (Å²) in [7, 11) is -1.44. The molecule has 0 bridgehead atoms. The number of nitriles is 1. The van der Waals surface area contributed by atoms with Crippen LogP contribution in [-0.2, 0) is 15.5 Å². The van der Waals surface area contributed by atoms with Crippen LogP contribution in [-0.4, -0.2) is 44.1 Å². The van der Waals surface area contributed by atoms with Gasteiger partial charge in [-0.2, -0.15) is 5.26 Å². The van der Waals surface area contributed by atoms with Gasteiger partial charge in [0.2, 0.25) is 0 Å². The zero-order chi connectivity index (χ0) is 17.7. The van der Waals surface area contributed by atoms with Gasteiger partial charge in [-0.25, -0.2) is 9.78 Å². The Labute approximate surface area is 145 Å². The van der Waals surface area contributed by atoms with Crippen LogP contribution in [0.2, 0.25) is 0 Å². The maximum absolute atomic E-state index is 12.7. The van der Waals surface area contributed by atoms with E-state index in [1.54, 1.807) is 17.0 Å². The zero-order valence-electron chi connectivity index (χ0n) is 14.3. The van der Waals surface area contributed by atoms with Crippen molar-refractivity contribution in [2.75, 3.05) is 12.3 Å². The van der Waals surface area contributed by atoms with E-state index in [-0.39, 0.29) is 22.9 Å². The van der Waals surface area contributed by atoms with Crippen molar-refractivity contribution in [3.8, 4) is 6.07 Å². The number of aromatic nitrogens is 1. The molecule has 0 unspecified atom stereocenters. The lowest BCUT2D eigenvalue weighted by molar-refractivity contribution is 0.0125. The summed E-state index contributed by atoms with van der Waals surface area (Å²) >= 11 is 0. The Morgan fingerprint density at radius 1 is 1.50 bits per heavy atom. The number of hydrogen-bond donors (Lipinski definition) is 0. The highest BCUT2D eigenvalue weighted by atomic mass is 32.2. The number of likely N-dealkylation sites (tertiary alicyclic amines) is 1. The molecule has 0 N–H and O–H groups in total. The molecule has 2 atom stereocenters. The molecule has 1 aliphatic heterocycles. The van der Waals surface area contributed by atoms with Crippen LogP contribution in [0.3, 0.4) is 0 Å². The number of amides is 1. The molecule has 1 amide bonds. The van der Waals surface area contributed by atoms with E-state index in [4.69, 9.17) is 10.00 Å². The van der Waals surface area contributed by atoms with Crippen LogP contribution in [0.4, 0.5) is 4.79 Å². The fourth-order valence-electron chi connectivity index (χ4n) is 2.65. The fourth-order valence-corrected chi connectivity index (χ4v) is 4.04. The Balaban J connectivity index is 2.12. The predicted molar refractivity (Wildman–Crippen MR) is 90.8 cm³/mol. The number of hydrogen-bond acceptors (Lipinski definition) is 5. The van der Waals surface area contributed by atoms with Gasteiger partial charge in [0.25, 0.3) is 0 Å². The topological polar surface area (TPSA) is 83.3 Å². The summed E-state index contributed by atoms with van der Waals surface area (Å²) in [5.41, 5.74) is -0.247. The third kappa shape index (κ3) is 4.78. The Kier molecular flexibility index (Phi) is 5.94. The van der Waals surface area contributed by atoms with Crippen LogP contribution in [0, 0.1) is 11.3 Å². The van der Waals surface area contributed by atoms with E-state index in [9.17, 15) is 9.00 Å². The number of pyridine rings is 1. The normalized spacial score (nSPS) is 19.4. The molecule has 2 heterocycles. The van der Waals surface area contributed by atoms with Gasteiger partial charge in [-0.15, -0.1) is 0 Å². The van der Waals surface area contributed by atoms with Crippen molar-refractivity contribution in [1.82, 2.24) is 9.88 Å². The first kappa shape index (κ1) is 18.4. The molecule has 0 aromatic carbocycles. The molecule has 1 aliphatic rings. The molecular formula is C17H23N3O3S. The Hall–Kier alpha value is -1.94. The van der Waals surface area contributed by atoms with Crippen LogP contribution in [0.1, 0.15) is 45.6 Å². The maximum Gasteiger partial charge on any atom is 0.410 e. The first-order valence-corrected chi connectivity index (χ1v) is 9.37. The van der Waals surface area contributed by atoms with Crippen molar-refractivity contribution in [2.45, 2.75) is 56.7 Å². The molecule has 1 fully saturated rings. The molecule has 24 heavy (non-hydrogen) atoms. The second-order valence-corrected chi connectivity index (χ2v) is 8.21. The number of piperidine rings is 1. The molecule has 7 heteroatoms. The van der Waals surface area contributed by atoms with Gasteiger partial charge in [0, 0.05) is 18.8 Å². The van der Waals surface area contributed by atoms with E-state index in [1.807, 2.05) is 26.8 Å². The standard InChI is InChI=1S/C17H23N3O3S/c1-17(2,3)23-16(21)20-10-5-4-8-14(20)12-24(22)15-13(11-18)7-6-9-19-15/h6-7,9,14H,4-5,8,10,12H2,1-3H3/t14-,24+/m0/s1. The van der Waals surface area contributed by atoms with E-state index in [0.717, 1.165) is 19.3 Å². The first-order chi connectivity index (χ1) is 11.3. The fraction of sp³-hybridized carbons (Fsp3) is 0.588. The number of rotatable bonds is 3. The first-order valence-electron chi connectivity index (χ1n) is 8.05. The molecule has 130 valence electrons. The minimum Gasteiger partial charge on any atom is -0.444 e. The summed E-state index contributed by atoms with van der Waals surface area (Å²) < 4.78 is 18.1. The average molecular weight is 349 g/mol. The molecule has 1 aromatic rings. The highest BCUT2D eigenvalue weighted by molar-refractivity contribution is 7.85. The summed E-state index contributed by atoms with van der Waals surface area (Å²) in [5.74, 6) is 0.269. The monoisotopic (exact) mass is 349 g/mol. The van der Waals surface area contributed by atoms with E-state index in [0.29, 0.717) is 12.1 Å². The smallest absolute Gasteiger partial charge is 0.410 e. The van der Waals surface area contributed by atoms with E-state index >= 15 is 0 Å². The Bertz CT molecular complexity index is 664. The lowest BCUT2D eigenvalue weighted by Crippen LogP contribution is -2.48. The highest BCUT2D eigenvalue weighted by Crippen LogP contribution is 2.22. The molecule has 1 aromatic heterocycles. The van der Waals surface area contributed by atoms with Crippen LogP contribution < -0.4 is 0 Å². The summed E-state index contributed by atoms with van der Waals surface area (Å²) in [5, 5.41) is 9.42. The van der Waals surface area contributed by atoms with Crippen LogP contribution in [0.15, 0.2) is 23.4 Å². The van der Waals surface area contributed by atoms with Gasteiger partial charge in [0.05, 0.1) is 22.1 Å². The summed E-state index contributed by atoms with van der Waals surface area (Å²) in [6, 6.07) is 5.10. The lowest BCUT2D eigenvalue weighted by Gasteiger charge is -2.36. The van der Waals surface area contributed by atoms with Gasteiger partial charge >= 0.3 is 6.09 Å². The summed E-state index contributed by atoms with van der Waals surface area (Å²) in [4.78, 5) is 18.2. The van der Waals surface area contributed by atoms with Crippen LogP contribution >= 0.6 is 0 Å². The predicted octanol–water partition coefficient (Wildman–Crippen LogP) is 2.85. The molecule has 0 aliphatic carbocycles. The molecule has 6 nitrogen and oxygen atoms in total. The van der Waals surface area contributed by atoms with Gasteiger partial charge in [0.1, 0.15) is 16.7 Å². The van der Waals surface area contributed by atoms with Crippen molar-refractivity contribution in [3.05, 3.63) is 23.9 Å². The van der Waals surface area contributed by atoms with Crippen LogP contribution in [0.25, 0.3) is 0 Å². The van der Waals surface area contributed by atoms with Crippen molar-refractivity contribution in [1.29, 1.82) is 5.26 Å². The largest absolute Gasteiger partial charge is 0.444 e. The maximum atomic E-state index is 12.7. The van der Waals surface area contributed by atoms with Gasteiger partial charge in [0.15, 0.2) is 0 Å². The molecule has 0 radical (unpaired) electrons. The van der Waals surface area contributed by atoms with Crippen molar-refractivity contribution >= 4 is 16.9 Å². The number of carbonyl (C=O) groups excluding carboxylic acids is 1. The molecule has 2 rings (SSSR count). The minimum atomic E-state index is -1.44. The molecule has 1 saturated heterocycles. The van der Waals surface area contributed by atoms with Crippen molar-refractivity contribution < 1.29 is 13.7 Å². The van der Waals surface area contributed by atoms with Gasteiger partial charge in [-0.1, -0.05) is 0 Å². The number of ether oxygens (including phenoxy) is 1. The zero-order valence-corrected chi connectivity index (χ0v) is 15.1. The van der Waals surface area contributed by atoms with Gasteiger partial charge in [-0.05, 0) is 52.2 Å². The van der Waals surface area contributed by atoms with E-state index < -0.39 is 16.4 Å². The average Bonchev–Trinajstić information content (AvgIpc) is 2.53. The van der Waals surface area contributed by atoms with Crippen LogP contribution in [0.5, 0.6) is 0 Å². The number of carbonyl (C=O) groups is 1. The SMILES string of the molecule is CC(C)(C)OC(=O)N1CCCC[C@H]1C[S@@](=O)c1ncccc1C#N. The second kappa shape index (κ2) is 7.75. The molecule has 0 spiro atoms. The third-order valence-electron chi connectivity index (χ3n) is 3.71. The third-order valence-corrected chi connectivity index (χ3v) is 5.15. The quantitative estimate of drug-likeness (QED) is 0.838. The summed E-state index contributed by atoms with van der Waals surface area (Å²) in [6.45, 7) is 6.09. The number of nitrogens with zero attached hydrogens (tertiary/aromatic N) is 3. The van der Waals surface area contributed by atoms with Crippen molar-refractivity contribution in [3.63, 3.8) is 0 Å². The summed E-state index contributed by atoms with van der Waals surface area (Å²) in [6.07, 6.45) is 3.83. The minimum absolute atomic E-state index is 0.164. The van der Waals surface area contributed by atoms with Gasteiger partial charge < -0.3 is 9.64 Å². The lowest BCUT2D eigenvalue weighted by atomic mass is 10.0. The Morgan fingerprint density at radius 3 is 2.92 bits per heavy atom. The Morgan fingerprint density at radius 2 is 2.25 bits per heavy atom. The molecular weight excluding hydrogens is 326 g/mol. The van der Waals surface area contributed by atoms with Crippen molar-refractivity contribution in [2.24, 2.45) is 0 Å². The van der Waals surface area contributed by atoms with E-state index in [1.165, 1.54) is 6.20 Å². The second-order valence-electron chi connectivity index (χ2n) is 6.80.